The largest absolute Gasteiger partial charge is 0.339 e. The van der Waals surface area contributed by atoms with E-state index in [4.69, 9.17) is 5.73 Å². The molecule has 0 bridgehead atoms. The molecule has 1 amide bonds. The van der Waals surface area contributed by atoms with Crippen LogP contribution in [0.1, 0.15) is 38.2 Å². The van der Waals surface area contributed by atoms with E-state index in [9.17, 15) is 4.79 Å². The van der Waals surface area contributed by atoms with Gasteiger partial charge in [-0.05, 0) is 43.5 Å². The van der Waals surface area contributed by atoms with Crippen molar-refractivity contribution in [1.82, 2.24) is 4.90 Å². The van der Waals surface area contributed by atoms with E-state index < -0.39 is 0 Å². The molecule has 1 heterocycles. The smallest absolute Gasteiger partial charge is 0.223 e. The van der Waals surface area contributed by atoms with Crippen molar-refractivity contribution in [2.45, 2.75) is 50.3 Å². The van der Waals surface area contributed by atoms with E-state index in [0.717, 1.165) is 25.8 Å². The summed E-state index contributed by atoms with van der Waals surface area (Å²) in [6.07, 6.45) is 4.68. The van der Waals surface area contributed by atoms with Crippen molar-refractivity contribution in [3.8, 4) is 0 Å². The molecule has 22 heavy (non-hydrogen) atoms. The van der Waals surface area contributed by atoms with E-state index in [1.807, 2.05) is 30.0 Å². The Balaban J connectivity index is 1.88. The summed E-state index contributed by atoms with van der Waals surface area (Å²) in [6.45, 7) is 3.78. The third kappa shape index (κ3) is 5.03. The molecule has 1 aromatic rings. The van der Waals surface area contributed by atoms with E-state index in [-0.39, 0.29) is 0 Å². The zero-order valence-electron chi connectivity index (χ0n) is 13.5. The van der Waals surface area contributed by atoms with Crippen LogP contribution in [0.2, 0.25) is 0 Å². The van der Waals surface area contributed by atoms with Gasteiger partial charge in [-0.3, -0.25) is 4.79 Å². The predicted molar refractivity (Wildman–Crippen MR) is 95.1 cm³/mol. The van der Waals surface area contributed by atoms with Crippen LogP contribution in [0.3, 0.4) is 0 Å². The molecule has 0 aliphatic carbocycles. The van der Waals surface area contributed by atoms with Crippen LogP contribution < -0.4 is 5.73 Å². The molecule has 122 valence electrons. The first-order chi connectivity index (χ1) is 10.7. The number of nitrogens with zero attached hydrogens (tertiary/aromatic N) is 1. The van der Waals surface area contributed by atoms with Gasteiger partial charge in [-0.25, -0.2) is 0 Å². The van der Waals surface area contributed by atoms with E-state index >= 15 is 0 Å². The van der Waals surface area contributed by atoms with Crippen molar-refractivity contribution in [2.75, 3.05) is 18.8 Å². The lowest BCUT2D eigenvalue weighted by atomic mass is 10.1. The number of thioether (sulfide) groups is 1. The standard InChI is InChI=1S/C18H28N2OS/c1-2-12-22-17-13-16(10-11-19)20(14-17)18(21)9-8-15-6-4-3-5-7-15/h3-7,16-17H,2,8-14,19H2,1H3. The Morgan fingerprint density at radius 2 is 2.14 bits per heavy atom. The Bertz CT molecular complexity index is 452. The highest BCUT2D eigenvalue weighted by Crippen LogP contribution is 2.30. The van der Waals surface area contributed by atoms with Crippen LogP contribution in [0, 0.1) is 0 Å². The van der Waals surface area contributed by atoms with Crippen LogP contribution in [0.4, 0.5) is 0 Å². The molecule has 2 rings (SSSR count). The minimum atomic E-state index is 0.293. The SMILES string of the molecule is CCCSC1CC(CCN)N(C(=O)CCc2ccccc2)C1. The van der Waals surface area contributed by atoms with Gasteiger partial charge in [0, 0.05) is 24.3 Å². The van der Waals surface area contributed by atoms with Crippen LogP contribution in [0.15, 0.2) is 30.3 Å². The number of amides is 1. The molecule has 3 nitrogen and oxygen atoms in total. The fraction of sp³-hybridized carbons (Fsp3) is 0.611. The van der Waals surface area contributed by atoms with Gasteiger partial charge in [0.2, 0.25) is 5.91 Å². The Hall–Kier alpha value is -1.00. The number of rotatable bonds is 8. The quantitative estimate of drug-likeness (QED) is 0.800. The summed E-state index contributed by atoms with van der Waals surface area (Å²) < 4.78 is 0. The van der Waals surface area contributed by atoms with Crippen molar-refractivity contribution < 1.29 is 4.79 Å². The highest BCUT2D eigenvalue weighted by Gasteiger charge is 2.34. The van der Waals surface area contributed by atoms with Crippen molar-refractivity contribution in [3.05, 3.63) is 35.9 Å². The van der Waals surface area contributed by atoms with Crippen molar-refractivity contribution in [1.29, 1.82) is 0 Å². The number of nitrogens with two attached hydrogens (primary N) is 1. The van der Waals surface area contributed by atoms with Crippen molar-refractivity contribution >= 4 is 17.7 Å². The predicted octanol–water partition coefficient (Wildman–Crippen LogP) is 3.08. The summed E-state index contributed by atoms with van der Waals surface area (Å²) in [5.74, 6) is 1.48. The van der Waals surface area contributed by atoms with Crippen LogP contribution in [0.5, 0.6) is 0 Å². The molecule has 1 aromatic carbocycles. The molecule has 4 heteroatoms. The average Bonchev–Trinajstić information content (AvgIpc) is 2.95. The van der Waals surface area contributed by atoms with Crippen LogP contribution >= 0.6 is 11.8 Å². The third-order valence-electron chi connectivity index (χ3n) is 4.22. The van der Waals surface area contributed by atoms with Gasteiger partial charge in [0.05, 0.1) is 0 Å². The number of carbonyl (C=O) groups is 1. The Labute approximate surface area is 138 Å². The van der Waals surface area contributed by atoms with Crippen LogP contribution in [-0.2, 0) is 11.2 Å². The molecule has 1 fully saturated rings. The van der Waals surface area contributed by atoms with Gasteiger partial charge in [-0.15, -0.1) is 0 Å². The third-order valence-corrected chi connectivity index (χ3v) is 5.68. The maximum Gasteiger partial charge on any atom is 0.223 e. The molecule has 0 saturated carbocycles. The minimum Gasteiger partial charge on any atom is -0.339 e. The molecule has 2 atom stereocenters. The fourth-order valence-electron chi connectivity index (χ4n) is 3.09. The molecule has 2 N–H and O–H groups in total. The minimum absolute atomic E-state index is 0.293. The van der Waals surface area contributed by atoms with Crippen molar-refractivity contribution in [3.63, 3.8) is 0 Å². The first kappa shape index (κ1) is 17.4. The summed E-state index contributed by atoms with van der Waals surface area (Å²) in [5.41, 5.74) is 6.97. The molecule has 0 aromatic heterocycles. The second-order valence-electron chi connectivity index (χ2n) is 5.99. The average molecular weight is 321 g/mol. The summed E-state index contributed by atoms with van der Waals surface area (Å²) in [4.78, 5) is 14.7. The molecule has 0 spiro atoms. The molecular formula is C18H28N2OS. The first-order valence-corrected chi connectivity index (χ1v) is 9.44. The van der Waals surface area contributed by atoms with E-state index in [1.165, 1.54) is 17.7 Å². The number of likely N-dealkylation sites (tertiary alicyclic amines) is 1. The summed E-state index contributed by atoms with van der Waals surface area (Å²) >= 11 is 2.01. The Kier molecular flexibility index (Phi) is 7.26. The Morgan fingerprint density at radius 3 is 2.82 bits per heavy atom. The van der Waals surface area contributed by atoms with Gasteiger partial charge in [-0.2, -0.15) is 11.8 Å². The van der Waals surface area contributed by atoms with Crippen LogP contribution in [-0.4, -0.2) is 40.9 Å². The number of benzene rings is 1. The molecule has 1 aliphatic heterocycles. The van der Waals surface area contributed by atoms with Gasteiger partial charge >= 0.3 is 0 Å². The Morgan fingerprint density at radius 1 is 1.36 bits per heavy atom. The van der Waals surface area contributed by atoms with E-state index in [2.05, 4.69) is 24.0 Å². The lowest BCUT2D eigenvalue weighted by molar-refractivity contribution is -0.132. The lowest BCUT2D eigenvalue weighted by Crippen LogP contribution is -2.37. The van der Waals surface area contributed by atoms with Gasteiger partial charge in [-0.1, -0.05) is 37.3 Å². The number of carbonyl (C=O) groups excluding carboxylic acids is 1. The number of hydrogen-bond donors (Lipinski definition) is 1. The summed E-state index contributed by atoms with van der Waals surface area (Å²) in [5, 5.41) is 0.595. The molecule has 2 unspecified atom stereocenters. The van der Waals surface area contributed by atoms with Gasteiger partial charge < -0.3 is 10.6 Å². The second-order valence-corrected chi connectivity index (χ2v) is 7.40. The topological polar surface area (TPSA) is 46.3 Å². The highest BCUT2D eigenvalue weighted by molar-refractivity contribution is 7.99. The maximum absolute atomic E-state index is 12.6. The van der Waals surface area contributed by atoms with Crippen LogP contribution in [0.25, 0.3) is 0 Å². The highest BCUT2D eigenvalue weighted by atomic mass is 32.2. The first-order valence-electron chi connectivity index (χ1n) is 8.39. The number of hydrogen-bond acceptors (Lipinski definition) is 3. The lowest BCUT2D eigenvalue weighted by Gasteiger charge is -2.24. The molecular weight excluding hydrogens is 292 g/mol. The van der Waals surface area contributed by atoms with E-state index in [0.29, 0.717) is 30.2 Å². The fourth-order valence-corrected chi connectivity index (χ4v) is 4.28. The van der Waals surface area contributed by atoms with Gasteiger partial charge in [0.1, 0.15) is 0 Å². The zero-order valence-corrected chi connectivity index (χ0v) is 14.4. The number of aryl methyl sites for hydroxylation is 1. The summed E-state index contributed by atoms with van der Waals surface area (Å²) in [6, 6.07) is 10.6. The zero-order chi connectivity index (χ0) is 15.8. The molecule has 1 saturated heterocycles. The normalized spacial score (nSPS) is 21.3. The maximum atomic E-state index is 12.6. The van der Waals surface area contributed by atoms with Gasteiger partial charge in [0.25, 0.3) is 0 Å². The van der Waals surface area contributed by atoms with Crippen molar-refractivity contribution in [2.24, 2.45) is 5.73 Å². The van der Waals surface area contributed by atoms with Gasteiger partial charge in [0.15, 0.2) is 0 Å². The monoisotopic (exact) mass is 320 g/mol. The molecule has 1 aliphatic rings. The van der Waals surface area contributed by atoms with E-state index in [1.54, 1.807) is 0 Å². The second kappa shape index (κ2) is 9.21. The molecule has 0 radical (unpaired) electrons. The summed E-state index contributed by atoms with van der Waals surface area (Å²) in [7, 11) is 0.